The highest BCUT2D eigenvalue weighted by Crippen LogP contribution is 2.22. The number of anilines is 1. The monoisotopic (exact) mass is 372 g/mol. The normalized spacial score (nSPS) is 14.3. The predicted octanol–water partition coefficient (Wildman–Crippen LogP) is 1.60. The molecule has 0 saturated heterocycles. The van der Waals surface area contributed by atoms with E-state index in [1.165, 1.54) is 11.0 Å². The third kappa shape index (κ3) is 5.84. The second kappa shape index (κ2) is 8.24. The summed E-state index contributed by atoms with van der Waals surface area (Å²) in [6, 6.07) is 7.79. The zero-order chi connectivity index (χ0) is 20.2. The highest BCUT2D eigenvalue weighted by atomic mass is 16.2. The summed E-state index contributed by atoms with van der Waals surface area (Å²) in [6.45, 7) is 6.17. The van der Waals surface area contributed by atoms with Gasteiger partial charge in [-0.15, -0.1) is 0 Å². The molecule has 1 aliphatic heterocycles. The lowest BCUT2D eigenvalue weighted by Crippen LogP contribution is -2.49. The van der Waals surface area contributed by atoms with Gasteiger partial charge in [-0.2, -0.15) is 0 Å². The van der Waals surface area contributed by atoms with Crippen molar-refractivity contribution in [2.75, 3.05) is 25.7 Å². The van der Waals surface area contributed by atoms with Crippen LogP contribution in [0, 0.1) is 5.41 Å². The Labute approximate surface area is 160 Å². The van der Waals surface area contributed by atoms with E-state index in [-0.39, 0.29) is 36.0 Å². The molecule has 2 N–H and O–H groups in total. The van der Waals surface area contributed by atoms with Gasteiger partial charge in [0.15, 0.2) is 0 Å². The molecule has 2 rings (SSSR count). The molecule has 0 saturated carbocycles. The van der Waals surface area contributed by atoms with E-state index in [4.69, 9.17) is 0 Å². The molecule has 0 aliphatic carbocycles. The summed E-state index contributed by atoms with van der Waals surface area (Å²) in [6.07, 6.45) is 1.45. The first-order chi connectivity index (χ1) is 12.6. The van der Waals surface area contributed by atoms with Crippen LogP contribution >= 0.6 is 0 Å². The van der Waals surface area contributed by atoms with Crippen molar-refractivity contribution in [3.63, 3.8) is 0 Å². The van der Waals surface area contributed by atoms with Crippen LogP contribution < -0.4 is 15.5 Å². The summed E-state index contributed by atoms with van der Waals surface area (Å²) >= 11 is 0. The van der Waals surface area contributed by atoms with E-state index < -0.39 is 5.91 Å². The van der Waals surface area contributed by atoms with Gasteiger partial charge >= 0.3 is 0 Å². The molecule has 7 nitrogen and oxygen atoms in total. The Balaban J connectivity index is 2.07. The van der Waals surface area contributed by atoms with Gasteiger partial charge in [-0.1, -0.05) is 32.9 Å². The number of nitrogens with zero attached hydrogens (tertiary/aromatic N) is 2. The van der Waals surface area contributed by atoms with E-state index in [0.717, 1.165) is 11.3 Å². The summed E-state index contributed by atoms with van der Waals surface area (Å²) < 4.78 is 0. The molecule has 0 fully saturated rings. The second-order valence-corrected chi connectivity index (χ2v) is 8.03. The molecule has 0 unspecified atom stereocenters. The molecule has 27 heavy (non-hydrogen) atoms. The Bertz CT molecular complexity index is 745. The van der Waals surface area contributed by atoms with Crippen LogP contribution in [0.15, 0.2) is 36.0 Å². The fourth-order valence-electron chi connectivity index (χ4n) is 2.64. The van der Waals surface area contributed by atoms with Crippen LogP contribution in [-0.2, 0) is 20.9 Å². The van der Waals surface area contributed by atoms with Gasteiger partial charge in [0.2, 0.25) is 11.8 Å². The molecular formula is C20H28N4O3. The number of amides is 3. The number of hydrogen-bond acceptors (Lipinski definition) is 4. The van der Waals surface area contributed by atoms with Crippen LogP contribution in [0.3, 0.4) is 0 Å². The second-order valence-electron chi connectivity index (χ2n) is 8.03. The Morgan fingerprint density at radius 3 is 2.37 bits per heavy atom. The largest absolute Gasteiger partial charge is 0.378 e. The number of nitrogens with one attached hydrogen (secondary N) is 2. The predicted molar refractivity (Wildman–Crippen MR) is 105 cm³/mol. The van der Waals surface area contributed by atoms with Gasteiger partial charge in [0.25, 0.3) is 5.91 Å². The summed E-state index contributed by atoms with van der Waals surface area (Å²) in [4.78, 5) is 40.2. The lowest BCUT2D eigenvalue weighted by molar-refractivity contribution is -0.136. The van der Waals surface area contributed by atoms with Gasteiger partial charge in [0, 0.05) is 38.8 Å². The van der Waals surface area contributed by atoms with Crippen molar-refractivity contribution in [2.24, 2.45) is 5.41 Å². The minimum absolute atomic E-state index is 0.00450. The van der Waals surface area contributed by atoms with Crippen LogP contribution in [0.4, 0.5) is 5.69 Å². The van der Waals surface area contributed by atoms with E-state index in [9.17, 15) is 14.4 Å². The smallest absolute Gasteiger partial charge is 0.268 e. The molecular weight excluding hydrogens is 344 g/mol. The van der Waals surface area contributed by atoms with Crippen molar-refractivity contribution in [3.05, 3.63) is 41.6 Å². The Kier molecular flexibility index (Phi) is 6.25. The maximum absolute atomic E-state index is 12.6. The minimum Gasteiger partial charge on any atom is -0.378 e. The Hall–Kier alpha value is -2.83. The molecule has 7 heteroatoms. The molecule has 0 atom stereocenters. The highest BCUT2D eigenvalue weighted by Gasteiger charge is 2.30. The molecule has 0 radical (unpaired) electrons. The summed E-state index contributed by atoms with van der Waals surface area (Å²) in [5.41, 5.74) is 1.87. The molecule has 0 bridgehead atoms. The molecule has 1 aliphatic rings. The fourth-order valence-corrected chi connectivity index (χ4v) is 2.64. The van der Waals surface area contributed by atoms with Crippen molar-refractivity contribution in [1.82, 2.24) is 15.5 Å². The zero-order valence-electron chi connectivity index (χ0n) is 16.6. The fraction of sp³-hybridized carbons (Fsp3) is 0.450. The first kappa shape index (κ1) is 20.5. The number of carbonyl (C=O) groups is 3. The maximum atomic E-state index is 12.6. The van der Waals surface area contributed by atoms with Gasteiger partial charge in [0.1, 0.15) is 5.70 Å². The third-order valence-corrected chi connectivity index (χ3v) is 4.09. The van der Waals surface area contributed by atoms with Crippen molar-refractivity contribution < 1.29 is 14.4 Å². The molecule has 146 valence electrons. The summed E-state index contributed by atoms with van der Waals surface area (Å²) in [5, 5.41) is 5.37. The number of rotatable bonds is 5. The Morgan fingerprint density at radius 2 is 1.81 bits per heavy atom. The van der Waals surface area contributed by atoms with Crippen LogP contribution in [0.5, 0.6) is 0 Å². The van der Waals surface area contributed by atoms with Crippen LogP contribution in [0.1, 0.15) is 32.8 Å². The lowest BCUT2D eigenvalue weighted by Gasteiger charge is -2.30. The van der Waals surface area contributed by atoms with Gasteiger partial charge < -0.3 is 15.5 Å². The average Bonchev–Trinajstić information content (AvgIpc) is 2.58. The summed E-state index contributed by atoms with van der Waals surface area (Å²) in [5.74, 6) is -1.02. The number of carbonyl (C=O) groups excluding carboxylic acids is 3. The summed E-state index contributed by atoms with van der Waals surface area (Å²) in [7, 11) is 3.92. The first-order valence-corrected chi connectivity index (χ1v) is 8.91. The maximum Gasteiger partial charge on any atom is 0.268 e. The first-order valence-electron chi connectivity index (χ1n) is 8.91. The van der Waals surface area contributed by atoms with Gasteiger partial charge in [-0.05, 0) is 23.1 Å². The highest BCUT2D eigenvalue weighted by molar-refractivity contribution is 6.04. The van der Waals surface area contributed by atoms with Crippen LogP contribution in [0.2, 0.25) is 0 Å². The van der Waals surface area contributed by atoms with E-state index in [1.54, 1.807) is 0 Å². The number of hydrogen-bond donors (Lipinski definition) is 2. The topological polar surface area (TPSA) is 81.8 Å². The van der Waals surface area contributed by atoms with Gasteiger partial charge in [-0.25, -0.2) is 0 Å². The van der Waals surface area contributed by atoms with Crippen molar-refractivity contribution in [2.45, 2.75) is 33.7 Å². The van der Waals surface area contributed by atoms with Crippen LogP contribution in [0.25, 0.3) is 0 Å². The lowest BCUT2D eigenvalue weighted by atomic mass is 9.91. The molecule has 1 aromatic rings. The molecule has 1 heterocycles. The third-order valence-electron chi connectivity index (χ3n) is 4.09. The number of benzene rings is 1. The minimum atomic E-state index is -0.441. The van der Waals surface area contributed by atoms with Crippen molar-refractivity contribution >= 4 is 23.4 Å². The standard InChI is InChI=1S/C20H28N4O3/c1-20(2,3)11-18(26)24-13-22-17(25)10-16(24)19(27)21-12-14-6-8-15(9-7-14)23(4)5/h6-10H,11-13H2,1-5H3,(H,21,27)(H,22,25). The quantitative estimate of drug-likeness (QED) is 0.823. The van der Waals surface area contributed by atoms with E-state index in [0.29, 0.717) is 6.54 Å². The average molecular weight is 372 g/mol. The Morgan fingerprint density at radius 1 is 1.19 bits per heavy atom. The van der Waals surface area contributed by atoms with Crippen molar-refractivity contribution in [3.8, 4) is 0 Å². The van der Waals surface area contributed by atoms with Gasteiger partial charge in [-0.3, -0.25) is 19.3 Å². The molecule has 1 aromatic carbocycles. The zero-order valence-corrected chi connectivity index (χ0v) is 16.6. The SMILES string of the molecule is CN(C)c1ccc(CNC(=O)C2=CC(=O)NCN2C(=O)CC(C)(C)C)cc1. The molecule has 0 aromatic heterocycles. The molecule has 3 amide bonds. The van der Waals surface area contributed by atoms with Gasteiger partial charge in [0.05, 0.1) is 6.67 Å². The van der Waals surface area contributed by atoms with E-state index in [2.05, 4.69) is 10.6 Å². The van der Waals surface area contributed by atoms with Crippen molar-refractivity contribution in [1.29, 1.82) is 0 Å². The van der Waals surface area contributed by atoms with E-state index >= 15 is 0 Å². The van der Waals surface area contributed by atoms with E-state index in [1.807, 2.05) is 64.0 Å². The molecule has 0 spiro atoms. The van der Waals surface area contributed by atoms with Crippen LogP contribution in [-0.4, -0.2) is 43.4 Å².